The number of hydrogen-bond acceptors (Lipinski definition) is 5. The molecule has 0 aliphatic carbocycles. The Hall–Kier alpha value is -2.61. The Morgan fingerprint density at radius 1 is 1.26 bits per heavy atom. The summed E-state index contributed by atoms with van der Waals surface area (Å²) < 4.78 is 5.65. The minimum atomic E-state index is 0.480. The average molecular weight is 254 g/mol. The molecule has 0 saturated heterocycles. The van der Waals surface area contributed by atoms with Crippen molar-refractivity contribution in [3.63, 3.8) is 0 Å². The number of nitrogens with one attached hydrogen (secondary N) is 1. The SMILES string of the molecule is CCNc1nc(C)cc(Oc2ccc(C#N)cc2)n1. The maximum absolute atomic E-state index is 8.73. The van der Waals surface area contributed by atoms with Crippen molar-refractivity contribution in [1.82, 2.24) is 9.97 Å². The van der Waals surface area contributed by atoms with Crippen LogP contribution in [0.5, 0.6) is 11.6 Å². The number of nitriles is 1. The number of rotatable bonds is 4. The second kappa shape index (κ2) is 5.83. The molecular formula is C14H14N4O. The summed E-state index contributed by atoms with van der Waals surface area (Å²) in [7, 11) is 0. The lowest BCUT2D eigenvalue weighted by atomic mass is 10.2. The van der Waals surface area contributed by atoms with Gasteiger partial charge in [-0.3, -0.25) is 0 Å². The molecule has 5 nitrogen and oxygen atoms in total. The van der Waals surface area contributed by atoms with Crippen molar-refractivity contribution in [2.24, 2.45) is 0 Å². The molecule has 5 heteroatoms. The van der Waals surface area contributed by atoms with Crippen molar-refractivity contribution in [2.45, 2.75) is 13.8 Å². The van der Waals surface area contributed by atoms with Gasteiger partial charge in [-0.05, 0) is 38.1 Å². The first kappa shape index (κ1) is 12.8. The second-order valence-electron chi connectivity index (χ2n) is 3.94. The highest BCUT2D eigenvalue weighted by molar-refractivity contribution is 5.37. The van der Waals surface area contributed by atoms with Crippen LogP contribution in [0, 0.1) is 18.3 Å². The molecule has 2 aromatic rings. The van der Waals surface area contributed by atoms with E-state index < -0.39 is 0 Å². The Morgan fingerprint density at radius 2 is 2.00 bits per heavy atom. The van der Waals surface area contributed by atoms with Crippen molar-refractivity contribution < 1.29 is 4.74 Å². The van der Waals surface area contributed by atoms with Gasteiger partial charge in [-0.25, -0.2) is 4.98 Å². The van der Waals surface area contributed by atoms with Gasteiger partial charge in [0.05, 0.1) is 11.6 Å². The molecule has 0 aliphatic heterocycles. The third-order valence-electron chi connectivity index (χ3n) is 2.37. The molecule has 1 heterocycles. The van der Waals surface area contributed by atoms with Crippen molar-refractivity contribution in [3.05, 3.63) is 41.6 Å². The summed E-state index contributed by atoms with van der Waals surface area (Å²) in [6.07, 6.45) is 0. The third kappa shape index (κ3) is 3.42. The molecule has 0 atom stereocenters. The highest BCUT2D eigenvalue weighted by Crippen LogP contribution is 2.21. The molecule has 1 aromatic carbocycles. The lowest BCUT2D eigenvalue weighted by Crippen LogP contribution is -2.03. The zero-order valence-electron chi connectivity index (χ0n) is 10.8. The second-order valence-corrected chi connectivity index (χ2v) is 3.94. The lowest BCUT2D eigenvalue weighted by Gasteiger charge is -2.08. The molecule has 1 N–H and O–H groups in total. The van der Waals surface area contributed by atoms with E-state index in [1.54, 1.807) is 30.3 Å². The normalized spacial score (nSPS) is 9.74. The zero-order valence-corrected chi connectivity index (χ0v) is 10.8. The molecule has 1 aromatic heterocycles. The lowest BCUT2D eigenvalue weighted by molar-refractivity contribution is 0.461. The van der Waals surface area contributed by atoms with Crippen LogP contribution in [0.25, 0.3) is 0 Å². The van der Waals surface area contributed by atoms with Gasteiger partial charge in [0.25, 0.3) is 0 Å². The third-order valence-corrected chi connectivity index (χ3v) is 2.37. The van der Waals surface area contributed by atoms with Crippen molar-refractivity contribution in [1.29, 1.82) is 5.26 Å². The number of nitrogens with zero attached hydrogens (tertiary/aromatic N) is 3. The fraction of sp³-hybridized carbons (Fsp3) is 0.214. The first-order valence-corrected chi connectivity index (χ1v) is 5.99. The van der Waals surface area contributed by atoms with Crippen LogP contribution in [-0.2, 0) is 0 Å². The molecule has 0 bridgehead atoms. The van der Waals surface area contributed by atoms with Gasteiger partial charge in [0.2, 0.25) is 11.8 Å². The van der Waals surface area contributed by atoms with Gasteiger partial charge in [-0.1, -0.05) is 0 Å². The summed E-state index contributed by atoms with van der Waals surface area (Å²) in [6, 6.07) is 10.7. The van der Waals surface area contributed by atoms with Crippen LogP contribution in [0.1, 0.15) is 18.2 Å². The fourth-order valence-corrected chi connectivity index (χ4v) is 1.55. The van der Waals surface area contributed by atoms with Crippen LogP contribution >= 0.6 is 0 Å². The van der Waals surface area contributed by atoms with Gasteiger partial charge in [0, 0.05) is 18.3 Å². The Kier molecular flexibility index (Phi) is 3.94. The van der Waals surface area contributed by atoms with Gasteiger partial charge in [-0.2, -0.15) is 10.2 Å². The monoisotopic (exact) mass is 254 g/mol. The number of anilines is 1. The maximum Gasteiger partial charge on any atom is 0.226 e. The highest BCUT2D eigenvalue weighted by atomic mass is 16.5. The molecule has 2 rings (SSSR count). The summed E-state index contributed by atoms with van der Waals surface area (Å²) in [5.74, 6) is 1.67. The first-order chi connectivity index (χ1) is 9.21. The fourth-order valence-electron chi connectivity index (χ4n) is 1.55. The minimum Gasteiger partial charge on any atom is -0.439 e. The smallest absolute Gasteiger partial charge is 0.226 e. The molecule has 96 valence electrons. The maximum atomic E-state index is 8.73. The molecule has 0 saturated carbocycles. The number of aromatic nitrogens is 2. The predicted molar refractivity (Wildman–Crippen MR) is 72.2 cm³/mol. The van der Waals surface area contributed by atoms with E-state index in [0.717, 1.165) is 12.2 Å². The first-order valence-electron chi connectivity index (χ1n) is 5.99. The number of benzene rings is 1. The summed E-state index contributed by atoms with van der Waals surface area (Å²) >= 11 is 0. The largest absolute Gasteiger partial charge is 0.439 e. The van der Waals surface area contributed by atoms with Gasteiger partial charge in [0.1, 0.15) is 5.75 Å². The van der Waals surface area contributed by atoms with E-state index in [-0.39, 0.29) is 0 Å². The highest BCUT2D eigenvalue weighted by Gasteiger charge is 2.04. The topological polar surface area (TPSA) is 70.8 Å². The Balaban J connectivity index is 2.20. The summed E-state index contributed by atoms with van der Waals surface area (Å²) in [4.78, 5) is 8.50. The molecule has 0 amide bonds. The Labute approximate surface area is 111 Å². The standard InChI is InChI=1S/C14H14N4O/c1-3-16-14-17-10(2)8-13(18-14)19-12-6-4-11(9-15)5-7-12/h4-8H,3H2,1-2H3,(H,16,17,18). The van der Waals surface area contributed by atoms with Crippen LogP contribution in [0.3, 0.4) is 0 Å². The van der Waals surface area contributed by atoms with Gasteiger partial charge < -0.3 is 10.1 Å². The molecule has 19 heavy (non-hydrogen) atoms. The van der Waals surface area contributed by atoms with E-state index in [1.165, 1.54) is 0 Å². The van der Waals surface area contributed by atoms with Crippen molar-refractivity contribution >= 4 is 5.95 Å². The number of hydrogen-bond donors (Lipinski definition) is 1. The van der Waals surface area contributed by atoms with Gasteiger partial charge in [0.15, 0.2) is 0 Å². The molecule has 0 spiro atoms. The number of aryl methyl sites for hydroxylation is 1. The van der Waals surface area contributed by atoms with Crippen LogP contribution < -0.4 is 10.1 Å². The zero-order chi connectivity index (χ0) is 13.7. The Morgan fingerprint density at radius 3 is 2.63 bits per heavy atom. The molecule has 0 radical (unpaired) electrons. The molecular weight excluding hydrogens is 240 g/mol. The van der Waals surface area contributed by atoms with E-state index in [1.807, 2.05) is 13.8 Å². The number of ether oxygens (including phenoxy) is 1. The van der Waals surface area contributed by atoms with Gasteiger partial charge >= 0.3 is 0 Å². The van der Waals surface area contributed by atoms with E-state index in [9.17, 15) is 0 Å². The molecule has 0 fully saturated rings. The summed E-state index contributed by atoms with van der Waals surface area (Å²) in [5, 5.41) is 11.8. The van der Waals surface area contributed by atoms with Crippen molar-refractivity contribution in [2.75, 3.05) is 11.9 Å². The van der Waals surface area contributed by atoms with E-state index in [4.69, 9.17) is 10.00 Å². The quantitative estimate of drug-likeness (QED) is 0.908. The predicted octanol–water partition coefficient (Wildman–Crippen LogP) is 2.88. The molecule has 0 unspecified atom stereocenters. The van der Waals surface area contributed by atoms with Gasteiger partial charge in [-0.15, -0.1) is 0 Å². The summed E-state index contributed by atoms with van der Waals surface area (Å²) in [6.45, 7) is 4.61. The summed E-state index contributed by atoms with van der Waals surface area (Å²) in [5.41, 5.74) is 1.43. The Bertz CT molecular complexity index is 602. The van der Waals surface area contributed by atoms with Crippen LogP contribution in [0.4, 0.5) is 5.95 Å². The molecule has 0 aliphatic rings. The minimum absolute atomic E-state index is 0.480. The van der Waals surface area contributed by atoms with Crippen LogP contribution in [0.15, 0.2) is 30.3 Å². The average Bonchev–Trinajstić information content (AvgIpc) is 2.39. The van der Waals surface area contributed by atoms with Crippen LogP contribution in [0.2, 0.25) is 0 Å². The van der Waals surface area contributed by atoms with Crippen molar-refractivity contribution in [3.8, 4) is 17.7 Å². The van der Waals surface area contributed by atoms with E-state index in [2.05, 4.69) is 21.4 Å². The van der Waals surface area contributed by atoms with E-state index >= 15 is 0 Å². The van der Waals surface area contributed by atoms with Crippen LogP contribution in [-0.4, -0.2) is 16.5 Å². The van der Waals surface area contributed by atoms with E-state index in [0.29, 0.717) is 23.1 Å².